The Morgan fingerprint density at radius 2 is 1.67 bits per heavy atom. The van der Waals surface area contributed by atoms with Crippen molar-refractivity contribution in [3.63, 3.8) is 0 Å². The van der Waals surface area contributed by atoms with Crippen molar-refractivity contribution in [2.45, 2.75) is 13.0 Å². The topological polar surface area (TPSA) is 35.5 Å². The Labute approximate surface area is 167 Å². The van der Waals surface area contributed by atoms with Gasteiger partial charge in [-0.2, -0.15) is 0 Å². The van der Waals surface area contributed by atoms with Gasteiger partial charge in [-0.25, -0.2) is 4.79 Å². The molecule has 0 aliphatic rings. The average molecular weight is 544 g/mol. The lowest BCUT2D eigenvalue weighted by molar-refractivity contribution is -0.141. The maximum absolute atomic E-state index is 12.3. The molecule has 0 aromatic heterocycles. The molecule has 0 aliphatic heterocycles. The Bertz CT molecular complexity index is 875. The second-order valence-corrected chi connectivity index (χ2v) is 7.56. The number of esters is 1. The summed E-state index contributed by atoms with van der Waals surface area (Å²) in [5, 5.41) is 2.18. The zero-order valence-corrected chi connectivity index (χ0v) is 17.1. The van der Waals surface area contributed by atoms with Crippen molar-refractivity contribution in [2.24, 2.45) is 0 Å². The van der Waals surface area contributed by atoms with Crippen LogP contribution in [-0.4, -0.2) is 12.1 Å². The highest BCUT2D eigenvalue weighted by Gasteiger charge is 2.19. The summed E-state index contributed by atoms with van der Waals surface area (Å²) in [6.07, 6.45) is -0.688. The molecule has 122 valence electrons. The molecule has 1 atom stereocenters. The van der Waals surface area contributed by atoms with E-state index in [4.69, 9.17) is 9.47 Å². The lowest BCUT2D eigenvalue weighted by Gasteiger charge is -2.15. The SMILES string of the molecule is C[C@@H](Oc1ccc(I)cc1)C(=O)Oc1ccc2ccccc2c1I. The van der Waals surface area contributed by atoms with Gasteiger partial charge in [0.15, 0.2) is 6.10 Å². The van der Waals surface area contributed by atoms with Crippen molar-refractivity contribution in [3.8, 4) is 11.5 Å². The second-order valence-electron chi connectivity index (χ2n) is 5.23. The number of fused-ring (bicyclic) bond motifs is 1. The van der Waals surface area contributed by atoms with E-state index in [0.717, 1.165) is 17.9 Å². The number of benzene rings is 3. The molecule has 0 N–H and O–H groups in total. The first-order valence-electron chi connectivity index (χ1n) is 7.36. The molecule has 0 bridgehead atoms. The van der Waals surface area contributed by atoms with E-state index in [1.165, 1.54) is 0 Å². The molecule has 0 saturated carbocycles. The van der Waals surface area contributed by atoms with Crippen LogP contribution in [0.3, 0.4) is 0 Å². The Kier molecular flexibility index (Phi) is 5.60. The van der Waals surface area contributed by atoms with Crippen molar-refractivity contribution in [1.29, 1.82) is 0 Å². The minimum Gasteiger partial charge on any atom is -0.479 e. The molecular formula is C19H14I2O3. The summed E-state index contributed by atoms with van der Waals surface area (Å²) in [5.41, 5.74) is 0. The molecule has 5 heteroatoms. The minimum atomic E-state index is -0.688. The summed E-state index contributed by atoms with van der Waals surface area (Å²) in [5.74, 6) is 0.784. The van der Waals surface area contributed by atoms with Crippen LogP contribution < -0.4 is 9.47 Å². The Morgan fingerprint density at radius 1 is 0.958 bits per heavy atom. The van der Waals surface area contributed by atoms with Crippen LogP contribution in [0, 0.1) is 7.14 Å². The Hall–Kier alpha value is -1.35. The molecule has 3 rings (SSSR count). The maximum Gasteiger partial charge on any atom is 0.352 e. The molecule has 0 radical (unpaired) electrons. The van der Waals surface area contributed by atoms with E-state index in [1.54, 1.807) is 6.92 Å². The predicted molar refractivity (Wildman–Crippen MR) is 112 cm³/mol. The van der Waals surface area contributed by atoms with Gasteiger partial charge in [-0.1, -0.05) is 30.3 Å². The smallest absolute Gasteiger partial charge is 0.352 e. The first-order valence-corrected chi connectivity index (χ1v) is 9.51. The molecule has 0 spiro atoms. The summed E-state index contributed by atoms with van der Waals surface area (Å²) in [6.45, 7) is 1.69. The van der Waals surface area contributed by atoms with Gasteiger partial charge in [-0.3, -0.25) is 0 Å². The molecule has 0 fully saturated rings. The van der Waals surface area contributed by atoms with Gasteiger partial charge in [-0.05, 0) is 93.2 Å². The van der Waals surface area contributed by atoms with Gasteiger partial charge in [0.2, 0.25) is 0 Å². The van der Waals surface area contributed by atoms with E-state index in [1.807, 2.05) is 60.7 Å². The van der Waals surface area contributed by atoms with E-state index in [0.29, 0.717) is 11.5 Å². The molecule has 3 nitrogen and oxygen atoms in total. The molecule has 0 saturated heterocycles. The number of carbonyl (C=O) groups is 1. The third-order valence-corrected chi connectivity index (χ3v) is 5.33. The van der Waals surface area contributed by atoms with Crippen LogP contribution in [0.5, 0.6) is 11.5 Å². The van der Waals surface area contributed by atoms with E-state index in [-0.39, 0.29) is 0 Å². The number of halogens is 2. The molecular weight excluding hydrogens is 530 g/mol. The van der Waals surface area contributed by atoms with Crippen molar-refractivity contribution in [1.82, 2.24) is 0 Å². The number of ether oxygens (including phenoxy) is 2. The van der Waals surface area contributed by atoms with Crippen molar-refractivity contribution >= 4 is 61.9 Å². The maximum atomic E-state index is 12.3. The Balaban J connectivity index is 1.74. The third kappa shape index (κ3) is 4.00. The molecule has 24 heavy (non-hydrogen) atoms. The monoisotopic (exact) mass is 544 g/mol. The summed E-state index contributed by atoms with van der Waals surface area (Å²) in [7, 11) is 0. The van der Waals surface area contributed by atoms with Gasteiger partial charge in [-0.15, -0.1) is 0 Å². The van der Waals surface area contributed by atoms with Crippen molar-refractivity contribution in [2.75, 3.05) is 0 Å². The van der Waals surface area contributed by atoms with Crippen LogP contribution in [-0.2, 0) is 4.79 Å². The van der Waals surface area contributed by atoms with E-state index in [9.17, 15) is 4.79 Å². The lowest BCUT2D eigenvalue weighted by atomic mass is 10.1. The zero-order valence-electron chi connectivity index (χ0n) is 12.8. The van der Waals surface area contributed by atoms with Crippen LogP contribution in [0.2, 0.25) is 0 Å². The Morgan fingerprint density at radius 3 is 2.42 bits per heavy atom. The highest BCUT2D eigenvalue weighted by Crippen LogP contribution is 2.29. The molecule has 3 aromatic carbocycles. The summed E-state index contributed by atoms with van der Waals surface area (Å²) >= 11 is 4.42. The lowest BCUT2D eigenvalue weighted by Crippen LogP contribution is -2.28. The van der Waals surface area contributed by atoms with Crippen LogP contribution >= 0.6 is 45.2 Å². The standard InChI is InChI=1S/C19H14I2O3/c1-12(23-15-9-7-14(20)8-10-15)19(22)24-17-11-6-13-4-2-3-5-16(13)18(17)21/h2-12H,1H3/t12-/m1/s1. The zero-order chi connectivity index (χ0) is 17.1. The molecule has 0 unspecified atom stereocenters. The molecule has 0 amide bonds. The van der Waals surface area contributed by atoms with Gasteiger partial charge < -0.3 is 9.47 Å². The number of rotatable bonds is 4. The van der Waals surface area contributed by atoms with Crippen LogP contribution in [0.25, 0.3) is 10.8 Å². The highest BCUT2D eigenvalue weighted by molar-refractivity contribution is 14.1. The molecule has 0 aliphatic carbocycles. The molecule has 3 aromatic rings. The van der Waals surface area contributed by atoms with Crippen LogP contribution in [0.4, 0.5) is 0 Å². The van der Waals surface area contributed by atoms with Gasteiger partial charge in [0.05, 0.1) is 3.57 Å². The largest absolute Gasteiger partial charge is 0.479 e. The van der Waals surface area contributed by atoms with Crippen LogP contribution in [0.1, 0.15) is 6.92 Å². The fourth-order valence-corrected chi connectivity index (χ4v) is 3.39. The van der Waals surface area contributed by atoms with Crippen molar-refractivity contribution < 1.29 is 14.3 Å². The van der Waals surface area contributed by atoms with Gasteiger partial charge in [0.25, 0.3) is 0 Å². The van der Waals surface area contributed by atoms with Gasteiger partial charge >= 0.3 is 5.97 Å². The van der Waals surface area contributed by atoms with Crippen LogP contribution in [0.15, 0.2) is 60.7 Å². The predicted octanol–water partition coefficient (Wildman–Crippen LogP) is 5.42. The quantitative estimate of drug-likeness (QED) is 0.250. The van der Waals surface area contributed by atoms with Gasteiger partial charge in [0.1, 0.15) is 11.5 Å². The fraction of sp³-hybridized carbons (Fsp3) is 0.105. The first-order chi connectivity index (χ1) is 11.5. The average Bonchev–Trinajstić information content (AvgIpc) is 2.59. The summed E-state index contributed by atoms with van der Waals surface area (Å²) < 4.78 is 13.2. The summed E-state index contributed by atoms with van der Waals surface area (Å²) in [4.78, 5) is 12.3. The first kappa shape index (κ1) is 17.5. The second kappa shape index (κ2) is 7.69. The fourth-order valence-electron chi connectivity index (χ4n) is 2.25. The normalized spacial score (nSPS) is 12.0. The molecule has 0 heterocycles. The van der Waals surface area contributed by atoms with Crippen molar-refractivity contribution in [3.05, 3.63) is 67.8 Å². The highest BCUT2D eigenvalue weighted by atomic mass is 127. The van der Waals surface area contributed by atoms with E-state index < -0.39 is 12.1 Å². The number of hydrogen-bond donors (Lipinski definition) is 0. The van der Waals surface area contributed by atoms with E-state index in [2.05, 4.69) is 45.2 Å². The van der Waals surface area contributed by atoms with Gasteiger partial charge in [0, 0.05) is 3.57 Å². The number of hydrogen-bond acceptors (Lipinski definition) is 3. The summed E-state index contributed by atoms with van der Waals surface area (Å²) in [6, 6.07) is 19.3. The number of carbonyl (C=O) groups excluding carboxylic acids is 1. The third-order valence-electron chi connectivity index (χ3n) is 3.50. The van der Waals surface area contributed by atoms with E-state index >= 15 is 0 Å². The minimum absolute atomic E-state index is 0.415.